The summed E-state index contributed by atoms with van der Waals surface area (Å²) in [5.41, 5.74) is 0. The number of ether oxygens (including phenoxy) is 1. The maximum Gasteiger partial charge on any atom is 0.222 e. The van der Waals surface area contributed by atoms with Crippen LogP contribution in [0.25, 0.3) is 0 Å². The highest BCUT2D eigenvalue weighted by Gasteiger charge is 2.18. The summed E-state index contributed by atoms with van der Waals surface area (Å²) in [5, 5.41) is 3.39. The van der Waals surface area contributed by atoms with E-state index in [1.165, 1.54) is 12.8 Å². The van der Waals surface area contributed by atoms with Gasteiger partial charge in [0.2, 0.25) is 5.91 Å². The molecule has 1 amide bonds. The molecule has 1 heterocycles. The summed E-state index contributed by atoms with van der Waals surface area (Å²) in [5.74, 6) is 0.916. The fourth-order valence-corrected chi connectivity index (χ4v) is 2.27. The van der Waals surface area contributed by atoms with E-state index < -0.39 is 0 Å². The van der Waals surface area contributed by atoms with Gasteiger partial charge in [-0.2, -0.15) is 0 Å². The Morgan fingerprint density at radius 3 is 2.94 bits per heavy atom. The van der Waals surface area contributed by atoms with Crippen LogP contribution in [0.1, 0.15) is 32.6 Å². The van der Waals surface area contributed by atoms with E-state index in [1.807, 2.05) is 14.0 Å². The highest BCUT2D eigenvalue weighted by atomic mass is 16.5. The standard InChI is InChI=1S/C13H26N2O2/c1-11(10-17-3)15(2)13(16)7-6-12-5-4-8-14-9-12/h11-12,14H,4-10H2,1-3H3. The summed E-state index contributed by atoms with van der Waals surface area (Å²) in [6, 6.07) is 0.164. The van der Waals surface area contributed by atoms with Crippen LogP contribution in [0.5, 0.6) is 0 Å². The first-order chi connectivity index (χ1) is 8.15. The predicted molar refractivity (Wildman–Crippen MR) is 68.9 cm³/mol. The van der Waals surface area contributed by atoms with Gasteiger partial charge in [0.25, 0.3) is 0 Å². The molecule has 0 bridgehead atoms. The first-order valence-corrected chi connectivity index (χ1v) is 6.60. The van der Waals surface area contributed by atoms with Gasteiger partial charge in [0.05, 0.1) is 12.6 Å². The van der Waals surface area contributed by atoms with Crippen molar-refractivity contribution < 1.29 is 9.53 Å². The van der Waals surface area contributed by atoms with Gasteiger partial charge in [-0.3, -0.25) is 4.79 Å². The lowest BCUT2D eigenvalue weighted by atomic mass is 9.94. The SMILES string of the molecule is COCC(C)N(C)C(=O)CCC1CCCNC1. The quantitative estimate of drug-likeness (QED) is 0.762. The molecule has 2 unspecified atom stereocenters. The van der Waals surface area contributed by atoms with Crippen LogP contribution in [0.3, 0.4) is 0 Å². The lowest BCUT2D eigenvalue weighted by Gasteiger charge is -2.26. The van der Waals surface area contributed by atoms with Gasteiger partial charge >= 0.3 is 0 Å². The maximum atomic E-state index is 12.0. The number of rotatable bonds is 6. The Morgan fingerprint density at radius 1 is 1.59 bits per heavy atom. The molecular weight excluding hydrogens is 216 g/mol. The zero-order valence-electron chi connectivity index (χ0n) is 11.4. The van der Waals surface area contributed by atoms with Crippen LogP contribution in [0.4, 0.5) is 0 Å². The van der Waals surface area contributed by atoms with E-state index in [9.17, 15) is 4.79 Å². The summed E-state index contributed by atoms with van der Waals surface area (Å²) in [7, 11) is 3.54. The summed E-state index contributed by atoms with van der Waals surface area (Å²) >= 11 is 0. The number of carbonyl (C=O) groups excluding carboxylic acids is 1. The van der Waals surface area contributed by atoms with E-state index >= 15 is 0 Å². The lowest BCUT2D eigenvalue weighted by Crippen LogP contribution is -2.38. The molecule has 4 heteroatoms. The van der Waals surface area contributed by atoms with Gasteiger partial charge in [0.15, 0.2) is 0 Å². The highest BCUT2D eigenvalue weighted by molar-refractivity contribution is 5.76. The average molecular weight is 242 g/mol. The van der Waals surface area contributed by atoms with Crippen molar-refractivity contribution in [3.8, 4) is 0 Å². The molecule has 1 rings (SSSR count). The van der Waals surface area contributed by atoms with E-state index in [1.54, 1.807) is 12.0 Å². The minimum atomic E-state index is 0.164. The predicted octanol–water partition coefficient (Wildman–Crippen LogP) is 1.26. The Labute approximate surface area is 105 Å². The van der Waals surface area contributed by atoms with E-state index in [2.05, 4.69) is 5.32 Å². The molecule has 1 N–H and O–H groups in total. The van der Waals surface area contributed by atoms with E-state index in [0.717, 1.165) is 19.5 Å². The molecule has 0 spiro atoms. The number of piperidine rings is 1. The second kappa shape index (κ2) is 7.67. The number of nitrogens with one attached hydrogen (secondary N) is 1. The van der Waals surface area contributed by atoms with Crippen LogP contribution in [0, 0.1) is 5.92 Å². The van der Waals surface area contributed by atoms with Gasteiger partial charge in [-0.25, -0.2) is 0 Å². The molecule has 2 atom stereocenters. The monoisotopic (exact) mass is 242 g/mol. The third-order valence-corrected chi connectivity index (χ3v) is 3.63. The molecular formula is C13H26N2O2. The van der Waals surface area contributed by atoms with Crippen molar-refractivity contribution in [1.82, 2.24) is 10.2 Å². The minimum Gasteiger partial charge on any atom is -0.383 e. The third-order valence-electron chi connectivity index (χ3n) is 3.63. The highest BCUT2D eigenvalue weighted by Crippen LogP contribution is 2.16. The average Bonchev–Trinajstić information content (AvgIpc) is 2.36. The first kappa shape index (κ1) is 14.5. The van der Waals surface area contributed by atoms with Gasteiger partial charge in [-0.15, -0.1) is 0 Å². The molecule has 100 valence electrons. The zero-order chi connectivity index (χ0) is 12.7. The number of methoxy groups -OCH3 is 1. The van der Waals surface area contributed by atoms with Gasteiger partial charge in [-0.1, -0.05) is 0 Å². The summed E-state index contributed by atoms with van der Waals surface area (Å²) in [4.78, 5) is 13.8. The van der Waals surface area contributed by atoms with Crippen molar-refractivity contribution in [1.29, 1.82) is 0 Å². The van der Waals surface area contributed by atoms with Crippen molar-refractivity contribution in [2.24, 2.45) is 5.92 Å². The third kappa shape index (κ3) is 5.04. The fourth-order valence-electron chi connectivity index (χ4n) is 2.27. The van der Waals surface area contributed by atoms with Crippen LogP contribution in [-0.2, 0) is 9.53 Å². The molecule has 1 saturated heterocycles. The second-order valence-corrected chi connectivity index (χ2v) is 5.06. The Bertz CT molecular complexity index is 227. The van der Waals surface area contributed by atoms with Gasteiger partial charge in [0.1, 0.15) is 0 Å². The van der Waals surface area contributed by atoms with Crippen LogP contribution in [0.2, 0.25) is 0 Å². The van der Waals surface area contributed by atoms with E-state index in [0.29, 0.717) is 18.9 Å². The largest absolute Gasteiger partial charge is 0.383 e. The molecule has 0 aromatic carbocycles. The molecule has 0 aliphatic carbocycles. The van der Waals surface area contributed by atoms with Crippen LogP contribution >= 0.6 is 0 Å². The van der Waals surface area contributed by atoms with Crippen LogP contribution in [0.15, 0.2) is 0 Å². The first-order valence-electron chi connectivity index (χ1n) is 6.60. The Kier molecular flexibility index (Phi) is 6.52. The normalized spacial score (nSPS) is 22.2. The van der Waals surface area contributed by atoms with Gasteiger partial charge < -0.3 is 15.0 Å². The van der Waals surface area contributed by atoms with Crippen LogP contribution < -0.4 is 5.32 Å². The van der Waals surface area contributed by atoms with Crippen molar-refractivity contribution in [2.75, 3.05) is 33.9 Å². The number of nitrogens with zero attached hydrogens (tertiary/aromatic N) is 1. The Balaban J connectivity index is 2.23. The van der Waals surface area contributed by atoms with Crippen molar-refractivity contribution >= 4 is 5.91 Å². The smallest absolute Gasteiger partial charge is 0.222 e. The fraction of sp³-hybridized carbons (Fsp3) is 0.923. The lowest BCUT2D eigenvalue weighted by molar-refractivity contribution is -0.132. The molecule has 1 aliphatic heterocycles. The van der Waals surface area contributed by atoms with Crippen molar-refractivity contribution in [3.63, 3.8) is 0 Å². The minimum absolute atomic E-state index is 0.164. The van der Waals surface area contributed by atoms with Gasteiger partial charge in [0, 0.05) is 20.6 Å². The van der Waals surface area contributed by atoms with Crippen LogP contribution in [-0.4, -0.2) is 50.7 Å². The number of carbonyl (C=O) groups is 1. The molecule has 0 saturated carbocycles. The number of likely N-dealkylation sites (N-methyl/N-ethyl adjacent to an activating group) is 1. The topological polar surface area (TPSA) is 41.6 Å². The number of hydrogen-bond donors (Lipinski definition) is 1. The zero-order valence-corrected chi connectivity index (χ0v) is 11.4. The number of hydrogen-bond acceptors (Lipinski definition) is 3. The molecule has 4 nitrogen and oxygen atoms in total. The molecule has 0 aromatic rings. The Morgan fingerprint density at radius 2 is 2.35 bits per heavy atom. The second-order valence-electron chi connectivity index (χ2n) is 5.06. The van der Waals surface area contributed by atoms with Crippen molar-refractivity contribution in [3.05, 3.63) is 0 Å². The summed E-state index contributed by atoms with van der Waals surface area (Å²) < 4.78 is 5.07. The van der Waals surface area contributed by atoms with E-state index in [-0.39, 0.29) is 11.9 Å². The number of amides is 1. The molecule has 17 heavy (non-hydrogen) atoms. The molecule has 0 radical (unpaired) electrons. The van der Waals surface area contributed by atoms with E-state index in [4.69, 9.17) is 4.74 Å². The maximum absolute atomic E-state index is 12.0. The molecule has 0 aromatic heterocycles. The van der Waals surface area contributed by atoms with Crippen molar-refractivity contribution in [2.45, 2.75) is 38.6 Å². The Hall–Kier alpha value is -0.610. The summed E-state index contributed by atoms with van der Waals surface area (Å²) in [6.07, 6.45) is 4.18. The summed E-state index contributed by atoms with van der Waals surface area (Å²) in [6.45, 7) is 4.83. The molecule has 1 aliphatic rings. The molecule has 1 fully saturated rings. The van der Waals surface area contributed by atoms with Gasteiger partial charge in [-0.05, 0) is 45.2 Å².